The Morgan fingerprint density at radius 3 is 2.18 bits per heavy atom. The zero-order chi connectivity index (χ0) is 8.65. The summed E-state index contributed by atoms with van der Waals surface area (Å²) in [5, 5.41) is 0. The molecule has 2 nitrogen and oxygen atoms in total. The number of rotatable bonds is 0. The summed E-state index contributed by atoms with van der Waals surface area (Å²) in [4.78, 5) is 11.2. The lowest BCUT2D eigenvalue weighted by Crippen LogP contribution is -2.16. The highest BCUT2D eigenvalue weighted by atomic mass is 16.5. The fourth-order valence-electron chi connectivity index (χ4n) is 1.04. The van der Waals surface area contributed by atoms with Gasteiger partial charge in [0.05, 0.1) is 5.41 Å². The van der Waals surface area contributed by atoms with Crippen molar-refractivity contribution >= 4 is 5.97 Å². The molecule has 0 N–H and O–H groups in total. The fraction of sp³-hybridized carbons (Fsp3) is 0.667. The molecule has 0 bridgehead atoms. The van der Waals surface area contributed by atoms with Crippen LogP contribution in [0.15, 0.2) is 11.3 Å². The first-order chi connectivity index (χ1) is 4.93. The summed E-state index contributed by atoms with van der Waals surface area (Å²) in [7, 11) is 0. The molecule has 0 spiro atoms. The van der Waals surface area contributed by atoms with Gasteiger partial charge in [-0.1, -0.05) is 0 Å². The molecular weight excluding hydrogens is 140 g/mol. The van der Waals surface area contributed by atoms with Gasteiger partial charge in [-0.05, 0) is 33.3 Å². The minimum absolute atomic E-state index is 0.103. The Kier molecular flexibility index (Phi) is 1.78. The average Bonchev–Trinajstić information content (AvgIpc) is 2.08. The van der Waals surface area contributed by atoms with Crippen molar-refractivity contribution in [3.8, 4) is 0 Å². The van der Waals surface area contributed by atoms with Gasteiger partial charge in [0.1, 0.15) is 5.76 Å². The number of carbonyl (C=O) groups excluding carboxylic acids is 1. The van der Waals surface area contributed by atoms with Crippen LogP contribution in [0.4, 0.5) is 0 Å². The van der Waals surface area contributed by atoms with Gasteiger partial charge in [-0.2, -0.15) is 0 Å². The van der Waals surface area contributed by atoms with Gasteiger partial charge in [0.25, 0.3) is 0 Å². The SMILES string of the molecule is CC(C)=C1CC(C)(C)C(=O)O1. The Morgan fingerprint density at radius 2 is 2.00 bits per heavy atom. The quantitative estimate of drug-likeness (QED) is 0.500. The Bertz CT molecular complexity index is 220. The van der Waals surface area contributed by atoms with Crippen molar-refractivity contribution in [2.75, 3.05) is 0 Å². The molecule has 0 aromatic heterocycles. The Hall–Kier alpha value is -0.790. The first kappa shape index (κ1) is 8.31. The number of hydrogen-bond acceptors (Lipinski definition) is 2. The molecule has 0 saturated carbocycles. The molecule has 1 aliphatic rings. The van der Waals surface area contributed by atoms with Gasteiger partial charge in [0.15, 0.2) is 0 Å². The van der Waals surface area contributed by atoms with Crippen molar-refractivity contribution in [1.82, 2.24) is 0 Å². The topological polar surface area (TPSA) is 26.3 Å². The molecule has 0 aromatic rings. The van der Waals surface area contributed by atoms with E-state index in [0.29, 0.717) is 0 Å². The standard InChI is InChI=1S/C9H14O2/c1-6(2)7-5-9(3,4)8(10)11-7/h5H2,1-4H3. The van der Waals surface area contributed by atoms with E-state index in [9.17, 15) is 4.79 Å². The van der Waals surface area contributed by atoms with E-state index in [1.165, 1.54) is 0 Å². The van der Waals surface area contributed by atoms with Crippen LogP contribution in [0.3, 0.4) is 0 Å². The van der Waals surface area contributed by atoms with Crippen LogP contribution < -0.4 is 0 Å². The van der Waals surface area contributed by atoms with Crippen LogP contribution in [0.25, 0.3) is 0 Å². The third-order valence-electron chi connectivity index (χ3n) is 1.93. The molecule has 11 heavy (non-hydrogen) atoms. The van der Waals surface area contributed by atoms with Crippen molar-refractivity contribution in [2.24, 2.45) is 5.41 Å². The Balaban J connectivity index is 2.89. The van der Waals surface area contributed by atoms with Crippen LogP contribution in [0.2, 0.25) is 0 Å². The molecule has 1 saturated heterocycles. The second-order valence-electron chi connectivity index (χ2n) is 3.87. The molecule has 1 aliphatic heterocycles. The predicted molar refractivity (Wildman–Crippen MR) is 42.9 cm³/mol. The minimum Gasteiger partial charge on any atom is -0.431 e. The van der Waals surface area contributed by atoms with Gasteiger partial charge >= 0.3 is 5.97 Å². The van der Waals surface area contributed by atoms with Crippen molar-refractivity contribution in [1.29, 1.82) is 0 Å². The van der Waals surface area contributed by atoms with E-state index in [2.05, 4.69) is 0 Å². The molecule has 62 valence electrons. The summed E-state index contributed by atoms with van der Waals surface area (Å²) in [5.41, 5.74) is 0.788. The zero-order valence-electron chi connectivity index (χ0n) is 7.52. The molecule has 0 radical (unpaired) electrons. The van der Waals surface area contributed by atoms with E-state index >= 15 is 0 Å². The van der Waals surface area contributed by atoms with Gasteiger partial charge in [-0.3, -0.25) is 4.79 Å². The molecule has 0 amide bonds. The van der Waals surface area contributed by atoms with Crippen molar-refractivity contribution in [2.45, 2.75) is 34.1 Å². The molecule has 0 aromatic carbocycles. The smallest absolute Gasteiger partial charge is 0.317 e. The molecule has 1 fully saturated rings. The average molecular weight is 154 g/mol. The third kappa shape index (κ3) is 1.44. The molecule has 0 unspecified atom stereocenters. The summed E-state index contributed by atoms with van der Waals surface area (Å²) in [5.74, 6) is 0.744. The summed E-state index contributed by atoms with van der Waals surface area (Å²) >= 11 is 0. The van der Waals surface area contributed by atoms with Gasteiger partial charge in [-0.25, -0.2) is 0 Å². The molecule has 1 rings (SSSR count). The lowest BCUT2D eigenvalue weighted by Gasteiger charge is -2.07. The van der Waals surface area contributed by atoms with Crippen molar-refractivity contribution in [3.63, 3.8) is 0 Å². The monoisotopic (exact) mass is 154 g/mol. The zero-order valence-corrected chi connectivity index (χ0v) is 7.52. The third-order valence-corrected chi connectivity index (χ3v) is 1.93. The van der Waals surface area contributed by atoms with Crippen molar-refractivity contribution < 1.29 is 9.53 Å². The first-order valence-corrected chi connectivity index (χ1v) is 3.82. The molecule has 0 atom stereocenters. The second-order valence-corrected chi connectivity index (χ2v) is 3.87. The van der Waals surface area contributed by atoms with E-state index in [-0.39, 0.29) is 11.4 Å². The van der Waals surface area contributed by atoms with E-state index < -0.39 is 0 Å². The first-order valence-electron chi connectivity index (χ1n) is 3.82. The number of ether oxygens (including phenoxy) is 1. The van der Waals surface area contributed by atoms with Crippen LogP contribution in [0.5, 0.6) is 0 Å². The number of allylic oxidation sites excluding steroid dienone is 2. The van der Waals surface area contributed by atoms with Gasteiger partial charge in [-0.15, -0.1) is 0 Å². The maximum atomic E-state index is 11.2. The highest BCUT2D eigenvalue weighted by Crippen LogP contribution is 2.36. The van der Waals surface area contributed by atoms with E-state index in [0.717, 1.165) is 17.8 Å². The Labute approximate surface area is 67.2 Å². The number of carbonyl (C=O) groups is 1. The lowest BCUT2D eigenvalue weighted by atomic mass is 9.91. The maximum absolute atomic E-state index is 11.2. The highest BCUT2D eigenvalue weighted by Gasteiger charge is 2.38. The Morgan fingerprint density at radius 1 is 1.45 bits per heavy atom. The van der Waals surface area contributed by atoms with Crippen LogP contribution in [0.1, 0.15) is 34.1 Å². The van der Waals surface area contributed by atoms with Crippen molar-refractivity contribution in [3.05, 3.63) is 11.3 Å². The fourth-order valence-corrected chi connectivity index (χ4v) is 1.04. The number of hydrogen-bond donors (Lipinski definition) is 0. The number of esters is 1. The van der Waals surface area contributed by atoms with Gasteiger partial charge < -0.3 is 4.74 Å². The second kappa shape index (κ2) is 2.36. The molecular formula is C9H14O2. The largest absolute Gasteiger partial charge is 0.431 e. The van der Waals surface area contributed by atoms with E-state index in [1.807, 2.05) is 27.7 Å². The summed E-state index contributed by atoms with van der Waals surface area (Å²) in [6, 6.07) is 0. The molecule has 2 heteroatoms. The summed E-state index contributed by atoms with van der Waals surface area (Å²) < 4.78 is 5.08. The normalized spacial score (nSPS) is 21.8. The van der Waals surface area contributed by atoms with Gasteiger partial charge in [0.2, 0.25) is 0 Å². The van der Waals surface area contributed by atoms with Crippen LogP contribution in [-0.4, -0.2) is 5.97 Å². The predicted octanol–water partition coefficient (Wildman–Crippen LogP) is 2.25. The summed E-state index contributed by atoms with van der Waals surface area (Å²) in [6.45, 7) is 7.74. The van der Waals surface area contributed by atoms with E-state index in [1.54, 1.807) is 0 Å². The maximum Gasteiger partial charge on any atom is 0.317 e. The van der Waals surface area contributed by atoms with Crippen LogP contribution >= 0.6 is 0 Å². The number of cyclic esters (lactones) is 1. The van der Waals surface area contributed by atoms with Crippen LogP contribution in [-0.2, 0) is 9.53 Å². The highest BCUT2D eigenvalue weighted by molar-refractivity contribution is 5.80. The summed E-state index contributed by atoms with van der Waals surface area (Å²) in [6.07, 6.45) is 0.744. The van der Waals surface area contributed by atoms with Gasteiger partial charge in [0, 0.05) is 6.42 Å². The van der Waals surface area contributed by atoms with Crippen LogP contribution in [0, 0.1) is 5.41 Å². The molecule has 0 aliphatic carbocycles. The van der Waals surface area contributed by atoms with E-state index in [4.69, 9.17) is 4.74 Å². The lowest BCUT2D eigenvalue weighted by molar-refractivity contribution is -0.142. The minimum atomic E-state index is -0.313. The molecule has 1 heterocycles.